The van der Waals surface area contributed by atoms with Crippen molar-refractivity contribution in [1.82, 2.24) is 35.0 Å². The standard InChI is InChI=1S/C22H22F5N9O2/c1-3-29-18(37)21(9-4-5-9)12-14(28)33-16(34-15(12)35-19(21)38)13-10-8-30-36(2)17(10)32-11(31-13)6-7-20(23,24)22(25,26)27/h8-9H,3-7H2,1-2H3,(H,29,37)(H3,28,33,34,35,38)/i2D3. The summed E-state index contributed by atoms with van der Waals surface area (Å²) in [7, 11) is 0. The first-order valence-corrected chi connectivity index (χ1v) is 11.5. The van der Waals surface area contributed by atoms with Crippen molar-refractivity contribution in [2.75, 3.05) is 17.6 Å². The number of aromatic nitrogens is 6. The van der Waals surface area contributed by atoms with Crippen molar-refractivity contribution in [3.05, 3.63) is 17.6 Å². The zero-order valence-electron chi connectivity index (χ0n) is 22.7. The number of likely N-dealkylation sites (N-methyl/N-ethyl adjacent to an activating group) is 1. The van der Waals surface area contributed by atoms with Crippen molar-refractivity contribution >= 4 is 34.5 Å². The lowest BCUT2D eigenvalue weighted by Gasteiger charge is -2.26. The first kappa shape index (κ1) is 22.0. The molecule has 3 aromatic heterocycles. The van der Waals surface area contributed by atoms with E-state index in [9.17, 15) is 31.5 Å². The maximum atomic E-state index is 13.7. The van der Waals surface area contributed by atoms with Crippen LogP contribution in [0, 0.1) is 5.92 Å². The number of nitrogens with one attached hydrogen (secondary N) is 2. The fourth-order valence-electron chi connectivity index (χ4n) is 4.64. The summed E-state index contributed by atoms with van der Waals surface area (Å²) < 4.78 is 89.2. The van der Waals surface area contributed by atoms with Crippen LogP contribution in [0.3, 0.4) is 0 Å². The Morgan fingerprint density at radius 2 is 2.00 bits per heavy atom. The average molecular weight is 542 g/mol. The molecule has 1 unspecified atom stereocenters. The van der Waals surface area contributed by atoms with Crippen molar-refractivity contribution < 1.29 is 35.7 Å². The fourth-order valence-corrected chi connectivity index (χ4v) is 4.64. The molecule has 0 aromatic carbocycles. The summed E-state index contributed by atoms with van der Waals surface area (Å²) in [6, 6.07) is 0. The summed E-state index contributed by atoms with van der Waals surface area (Å²) in [5, 5.41) is 8.87. The summed E-state index contributed by atoms with van der Waals surface area (Å²) in [5.74, 6) is -7.97. The predicted molar refractivity (Wildman–Crippen MR) is 123 cm³/mol. The number of anilines is 2. The number of amides is 2. The van der Waals surface area contributed by atoms with E-state index in [2.05, 4.69) is 35.7 Å². The van der Waals surface area contributed by atoms with Gasteiger partial charge in [-0.15, -0.1) is 0 Å². The molecule has 2 aliphatic rings. The molecule has 4 heterocycles. The van der Waals surface area contributed by atoms with Gasteiger partial charge in [-0.2, -0.15) is 27.1 Å². The van der Waals surface area contributed by atoms with Gasteiger partial charge in [0.25, 0.3) is 0 Å². The van der Waals surface area contributed by atoms with Crippen LogP contribution < -0.4 is 16.4 Å². The van der Waals surface area contributed by atoms with Gasteiger partial charge in [0.15, 0.2) is 16.9 Å². The molecule has 4 N–H and O–H groups in total. The normalized spacial score (nSPS) is 21.0. The maximum absolute atomic E-state index is 13.7. The third-order valence-corrected chi connectivity index (χ3v) is 6.57. The van der Waals surface area contributed by atoms with Gasteiger partial charge in [-0.1, -0.05) is 0 Å². The van der Waals surface area contributed by atoms with Gasteiger partial charge < -0.3 is 16.4 Å². The smallest absolute Gasteiger partial charge is 0.383 e. The molecule has 3 aromatic rings. The molecule has 0 saturated heterocycles. The van der Waals surface area contributed by atoms with E-state index in [-0.39, 0.29) is 46.6 Å². The highest BCUT2D eigenvalue weighted by Crippen LogP contribution is 2.54. The Kier molecular flexibility index (Phi) is 4.95. The van der Waals surface area contributed by atoms with E-state index in [0.29, 0.717) is 17.5 Å². The predicted octanol–water partition coefficient (Wildman–Crippen LogP) is 2.27. The highest BCUT2D eigenvalue weighted by molar-refractivity contribution is 6.21. The molecule has 1 fully saturated rings. The lowest BCUT2D eigenvalue weighted by molar-refractivity contribution is -0.284. The van der Waals surface area contributed by atoms with Gasteiger partial charge in [-0.25, -0.2) is 19.9 Å². The fraction of sp³-hybridized carbons (Fsp3) is 0.500. The second-order valence-corrected chi connectivity index (χ2v) is 9.04. The zero-order valence-corrected chi connectivity index (χ0v) is 19.7. The van der Waals surface area contributed by atoms with E-state index in [4.69, 9.17) is 9.85 Å². The highest BCUT2D eigenvalue weighted by Gasteiger charge is 2.63. The van der Waals surface area contributed by atoms with Gasteiger partial charge in [-0.05, 0) is 25.7 Å². The summed E-state index contributed by atoms with van der Waals surface area (Å²) in [6.45, 7) is -0.989. The Hall–Kier alpha value is -3.98. The number of nitrogens with two attached hydrogens (primary N) is 1. The number of carbonyl (C=O) groups is 2. The van der Waals surface area contributed by atoms with Crippen LogP contribution in [0.5, 0.6) is 0 Å². The third-order valence-electron chi connectivity index (χ3n) is 6.57. The highest BCUT2D eigenvalue weighted by atomic mass is 19.4. The Morgan fingerprint density at radius 1 is 1.26 bits per heavy atom. The zero-order chi connectivity index (χ0) is 30.1. The monoisotopic (exact) mass is 542 g/mol. The van der Waals surface area contributed by atoms with Crippen molar-refractivity contribution in [2.45, 2.75) is 50.1 Å². The van der Waals surface area contributed by atoms with Gasteiger partial charge in [0.2, 0.25) is 11.8 Å². The number of nitrogens with zero attached hydrogens (tertiary/aromatic N) is 6. The number of nitrogen functional groups attached to an aromatic ring is 1. The Morgan fingerprint density at radius 3 is 2.63 bits per heavy atom. The molecule has 1 aliphatic heterocycles. The number of halogens is 5. The van der Waals surface area contributed by atoms with Crippen LogP contribution in [0.1, 0.15) is 41.7 Å². The van der Waals surface area contributed by atoms with Crippen LogP contribution in [0.25, 0.3) is 22.6 Å². The second kappa shape index (κ2) is 8.52. The molecule has 1 saturated carbocycles. The first-order valence-electron chi connectivity index (χ1n) is 13.0. The van der Waals surface area contributed by atoms with Crippen LogP contribution in [-0.2, 0) is 28.4 Å². The van der Waals surface area contributed by atoms with Gasteiger partial charge in [-0.3, -0.25) is 14.3 Å². The number of aryl methyl sites for hydroxylation is 2. The topological polar surface area (TPSA) is 154 Å². The van der Waals surface area contributed by atoms with E-state index >= 15 is 0 Å². The number of hydrogen-bond donors (Lipinski definition) is 3. The molecule has 1 atom stereocenters. The molecule has 0 spiro atoms. The summed E-state index contributed by atoms with van der Waals surface area (Å²) in [5.41, 5.74) is 3.95. The molecule has 2 amide bonds. The third kappa shape index (κ3) is 3.80. The molecule has 202 valence electrons. The van der Waals surface area contributed by atoms with Gasteiger partial charge >= 0.3 is 12.1 Å². The van der Waals surface area contributed by atoms with Crippen LogP contribution in [0.2, 0.25) is 0 Å². The number of carbonyl (C=O) groups excluding carboxylic acids is 2. The summed E-state index contributed by atoms with van der Waals surface area (Å²) in [6.07, 6.45) is -6.37. The number of fused-ring (bicyclic) bond motifs is 2. The molecular weight excluding hydrogens is 517 g/mol. The number of rotatable bonds is 7. The van der Waals surface area contributed by atoms with Crippen molar-refractivity contribution in [1.29, 1.82) is 0 Å². The minimum absolute atomic E-state index is 0.0493. The Balaban J connectivity index is 1.66. The van der Waals surface area contributed by atoms with Gasteiger partial charge in [0.1, 0.15) is 23.2 Å². The summed E-state index contributed by atoms with van der Waals surface area (Å²) >= 11 is 0. The van der Waals surface area contributed by atoms with E-state index in [0.717, 1.165) is 6.20 Å². The summed E-state index contributed by atoms with van der Waals surface area (Å²) in [4.78, 5) is 42.9. The van der Waals surface area contributed by atoms with Gasteiger partial charge in [0, 0.05) is 30.5 Å². The Bertz CT molecular complexity index is 1570. The lowest BCUT2D eigenvalue weighted by Crippen LogP contribution is -2.51. The minimum atomic E-state index is -5.83. The lowest BCUT2D eigenvalue weighted by atomic mass is 9.76. The van der Waals surface area contributed by atoms with Crippen LogP contribution in [0.4, 0.5) is 33.6 Å². The van der Waals surface area contributed by atoms with E-state index < -0.39 is 60.6 Å². The molecule has 5 rings (SSSR count). The number of hydrogen-bond acceptors (Lipinski definition) is 8. The molecule has 0 radical (unpaired) electrons. The van der Waals surface area contributed by atoms with Crippen molar-refractivity contribution in [2.24, 2.45) is 12.9 Å². The van der Waals surface area contributed by atoms with Crippen LogP contribution in [0.15, 0.2) is 6.20 Å². The molecule has 16 heteroatoms. The SMILES string of the molecule is [2H]C([2H])([2H])n1ncc2c(-c3nc(N)c4c(n3)NC(=O)C4(C(=O)NCC)C3CC3)nc(CCC(F)(F)C(F)(F)F)nc21. The first-order chi connectivity index (χ1) is 19.0. The molecule has 38 heavy (non-hydrogen) atoms. The van der Waals surface area contributed by atoms with Crippen LogP contribution in [-0.4, -0.2) is 60.2 Å². The minimum Gasteiger partial charge on any atom is -0.383 e. The van der Waals surface area contributed by atoms with Crippen molar-refractivity contribution in [3.63, 3.8) is 0 Å². The largest absolute Gasteiger partial charge is 0.453 e. The van der Waals surface area contributed by atoms with Crippen molar-refractivity contribution in [3.8, 4) is 11.5 Å². The van der Waals surface area contributed by atoms with E-state index in [1.165, 1.54) is 0 Å². The average Bonchev–Trinajstić information content (AvgIpc) is 3.52. The molecule has 1 aliphatic carbocycles. The molecule has 0 bridgehead atoms. The Labute approximate surface area is 215 Å². The van der Waals surface area contributed by atoms with Crippen LogP contribution >= 0.6 is 0 Å². The van der Waals surface area contributed by atoms with Gasteiger partial charge in [0.05, 0.1) is 17.1 Å². The maximum Gasteiger partial charge on any atom is 0.453 e. The number of alkyl halides is 5. The second-order valence-electron chi connectivity index (χ2n) is 9.04. The van der Waals surface area contributed by atoms with E-state index in [1.54, 1.807) is 6.92 Å². The quantitative estimate of drug-likeness (QED) is 0.304. The van der Waals surface area contributed by atoms with E-state index in [1.807, 2.05) is 0 Å². The molecular formula is C22H22F5N9O2. The molecule has 11 nitrogen and oxygen atoms in total.